The van der Waals surface area contributed by atoms with Gasteiger partial charge in [-0.1, -0.05) is 11.8 Å². The maximum atomic E-state index is 10.6. The van der Waals surface area contributed by atoms with Crippen LogP contribution in [0, 0.1) is 18.8 Å². The van der Waals surface area contributed by atoms with Gasteiger partial charge in [0.2, 0.25) is 5.91 Å². The Morgan fingerprint density at radius 2 is 2.00 bits per heavy atom. The van der Waals surface area contributed by atoms with E-state index in [1.54, 1.807) is 12.1 Å². The first-order valence-corrected chi connectivity index (χ1v) is 4.89. The molecule has 0 spiro atoms. The van der Waals surface area contributed by atoms with Gasteiger partial charge in [0, 0.05) is 12.5 Å². The van der Waals surface area contributed by atoms with Gasteiger partial charge in [0.25, 0.3) is 0 Å². The van der Waals surface area contributed by atoms with Crippen LogP contribution in [-0.4, -0.2) is 12.5 Å². The van der Waals surface area contributed by atoms with Crippen LogP contribution in [0.3, 0.4) is 0 Å². The van der Waals surface area contributed by atoms with Crippen LogP contribution < -0.4 is 16.8 Å². The normalized spacial score (nSPS) is 9.12. The standard InChI is InChI=1S/C12H15N3O/c1-8-6-11(13)12(14)7-10(8)4-3-5-15-9(2)16/h6-7H,5,13-14H2,1-2H3,(H,15,16). The average Bonchev–Trinajstić information content (AvgIpc) is 2.19. The lowest BCUT2D eigenvalue weighted by Gasteiger charge is -2.03. The van der Waals surface area contributed by atoms with Crippen LogP contribution in [0.2, 0.25) is 0 Å². The highest BCUT2D eigenvalue weighted by Gasteiger charge is 1.99. The predicted molar refractivity (Wildman–Crippen MR) is 65.6 cm³/mol. The Bertz CT molecular complexity index is 469. The SMILES string of the molecule is CC(=O)NCC#Cc1cc(N)c(N)cc1C. The topological polar surface area (TPSA) is 81.1 Å². The molecule has 0 saturated heterocycles. The highest BCUT2D eigenvalue weighted by Crippen LogP contribution is 2.19. The van der Waals surface area contributed by atoms with E-state index in [-0.39, 0.29) is 5.91 Å². The molecule has 1 aromatic rings. The molecule has 0 fully saturated rings. The van der Waals surface area contributed by atoms with Gasteiger partial charge in [-0.05, 0) is 24.6 Å². The minimum absolute atomic E-state index is 0.0946. The highest BCUT2D eigenvalue weighted by molar-refractivity contribution is 5.73. The molecule has 0 saturated carbocycles. The van der Waals surface area contributed by atoms with Gasteiger partial charge in [0.1, 0.15) is 0 Å². The fourth-order valence-corrected chi connectivity index (χ4v) is 1.19. The van der Waals surface area contributed by atoms with Crippen molar-refractivity contribution in [2.75, 3.05) is 18.0 Å². The van der Waals surface area contributed by atoms with Crippen LogP contribution in [0.15, 0.2) is 12.1 Å². The number of amides is 1. The molecule has 0 unspecified atom stereocenters. The molecule has 0 aliphatic heterocycles. The largest absolute Gasteiger partial charge is 0.397 e. The van der Waals surface area contributed by atoms with Crippen LogP contribution >= 0.6 is 0 Å². The summed E-state index contributed by atoms with van der Waals surface area (Å²) in [5.74, 6) is 5.68. The van der Waals surface area contributed by atoms with E-state index < -0.39 is 0 Å². The number of nitrogens with two attached hydrogens (primary N) is 2. The van der Waals surface area contributed by atoms with Gasteiger partial charge in [-0.25, -0.2) is 0 Å². The van der Waals surface area contributed by atoms with Gasteiger partial charge in [-0.15, -0.1) is 0 Å². The van der Waals surface area contributed by atoms with Crippen LogP contribution in [0.4, 0.5) is 11.4 Å². The van der Waals surface area contributed by atoms with Crippen molar-refractivity contribution in [2.45, 2.75) is 13.8 Å². The van der Waals surface area contributed by atoms with E-state index in [0.717, 1.165) is 11.1 Å². The van der Waals surface area contributed by atoms with E-state index in [1.807, 2.05) is 6.92 Å². The minimum Gasteiger partial charge on any atom is -0.397 e. The number of nitrogens with one attached hydrogen (secondary N) is 1. The highest BCUT2D eigenvalue weighted by atomic mass is 16.1. The summed E-state index contributed by atoms with van der Waals surface area (Å²) < 4.78 is 0. The number of hydrogen-bond donors (Lipinski definition) is 3. The number of benzene rings is 1. The zero-order valence-corrected chi connectivity index (χ0v) is 9.42. The quantitative estimate of drug-likeness (QED) is 0.477. The van der Waals surface area contributed by atoms with Crippen LogP contribution in [0.1, 0.15) is 18.1 Å². The van der Waals surface area contributed by atoms with E-state index in [9.17, 15) is 4.79 Å². The number of anilines is 2. The molecular formula is C12H15N3O. The summed E-state index contributed by atoms with van der Waals surface area (Å²) in [4.78, 5) is 10.6. The van der Waals surface area contributed by atoms with Crippen molar-refractivity contribution in [3.8, 4) is 11.8 Å². The summed E-state index contributed by atoms with van der Waals surface area (Å²) in [6.07, 6.45) is 0. The second-order valence-electron chi connectivity index (χ2n) is 3.51. The zero-order valence-electron chi connectivity index (χ0n) is 9.42. The Kier molecular flexibility index (Phi) is 3.78. The van der Waals surface area contributed by atoms with Gasteiger partial charge in [-0.2, -0.15) is 0 Å². The number of nitrogen functional groups attached to an aromatic ring is 2. The molecule has 1 aromatic carbocycles. The van der Waals surface area contributed by atoms with Crippen molar-refractivity contribution in [2.24, 2.45) is 0 Å². The van der Waals surface area contributed by atoms with Crippen molar-refractivity contribution in [1.82, 2.24) is 5.32 Å². The molecule has 4 heteroatoms. The molecule has 4 nitrogen and oxygen atoms in total. The summed E-state index contributed by atoms with van der Waals surface area (Å²) in [5.41, 5.74) is 14.2. The third-order valence-corrected chi connectivity index (χ3v) is 2.08. The number of rotatable bonds is 1. The Labute approximate surface area is 95.0 Å². The first-order valence-electron chi connectivity index (χ1n) is 4.89. The summed E-state index contributed by atoms with van der Waals surface area (Å²) in [7, 11) is 0. The molecule has 0 aliphatic rings. The Balaban J connectivity index is 2.81. The molecule has 0 bridgehead atoms. The van der Waals surface area contributed by atoms with Crippen LogP contribution in [0.5, 0.6) is 0 Å². The fourth-order valence-electron chi connectivity index (χ4n) is 1.19. The smallest absolute Gasteiger partial charge is 0.217 e. The molecule has 0 heterocycles. The number of carbonyl (C=O) groups is 1. The average molecular weight is 217 g/mol. The lowest BCUT2D eigenvalue weighted by Crippen LogP contribution is -2.19. The monoisotopic (exact) mass is 217 g/mol. The maximum Gasteiger partial charge on any atom is 0.217 e. The molecule has 1 amide bonds. The zero-order chi connectivity index (χ0) is 12.1. The van der Waals surface area contributed by atoms with Crippen molar-refractivity contribution < 1.29 is 4.79 Å². The van der Waals surface area contributed by atoms with E-state index in [1.165, 1.54) is 6.92 Å². The van der Waals surface area contributed by atoms with Gasteiger partial charge in [-0.3, -0.25) is 4.79 Å². The van der Waals surface area contributed by atoms with Crippen molar-refractivity contribution >= 4 is 17.3 Å². The summed E-state index contributed by atoms with van der Waals surface area (Å²) in [6.45, 7) is 3.70. The van der Waals surface area contributed by atoms with E-state index in [2.05, 4.69) is 17.2 Å². The van der Waals surface area contributed by atoms with Gasteiger partial charge in [0.15, 0.2) is 0 Å². The first kappa shape index (κ1) is 11.9. The van der Waals surface area contributed by atoms with E-state index in [0.29, 0.717) is 17.9 Å². The van der Waals surface area contributed by atoms with Crippen molar-refractivity contribution in [3.05, 3.63) is 23.3 Å². The van der Waals surface area contributed by atoms with Crippen LogP contribution in [0.25, 0.3) is 0 Å². The lowest BCUT2D eigenvalue weighted by atomic mass is 10.1. The number of carbonyl (C=O) groups excluding carboxylic acids is 1. The van der Waals surface area contributed by atoms with Crippen molar-refractivity contribution in [3.63, 3.8) is 0 Å². The number of aryl methyl sites for hydroxylation is 1. The molecule has 0 aliphatic carbocycles. The minimum atomic E-state index is -0.0946. The lowest BCUT2D eigenvalue weighted by molar-refractivity contribution is -0.118. The summed E-state index contributed by atoms with van der Waals surface area (Å²) in [5, 5.41) is 2.59. The number of hydrogen-bond acceptors (Lipinski definition) is 3. The molecule has 0 atom stereocenters. The molecular weight excluding hydrogens is 202 g/mol. The molecule has 0 radical (unpaired) electrons. The molecule has 84 valence electrons. The molecule has 1 rings (SSSR count). The predicted octanol–water partition coefficient (Wildman–Crippen LogP) is 0.647. The maximum absolute atomic E-state index is 10.6. The Morgan fingerprint density at radius 3 is 2.62 bits per heavy atom. The molecule has 16 heavy (non-hydrogen) atoms. The summed E-state index contributed by atoms with van der Waals surface area (Å²) in [6, 6.07) is 3.53. The van der Waals surface area contributed by atoms with E-state index >= 15 is 0 Å². The molecule has 5 N–H and O–H groups in total. The van der Waals surface area contributed by atoms with Crippen LogP contribution in [-0.2, 0) is 4.79 Å². The van der Waals surface area contributed by atoms with Gasteiger partial charge in [0.05, 0.1) is 17.9 Å². The first-order chi connectivity index (χ1) is 7.50. The summed E-state index contributed by atoms with van der Waals surface area (Å²) >= 11 is 0. The second-order valence-corrected chi connectivity index (χ2v) is 3.51. The van der Waals surface area contributed by atoms with Gasteiger partial charge >= 0.3 is 0 Å². The van der Waals surface area contributed by atoms with Crippen molar-refractivity contribution in [1.29, 1.82) is 0 Å². The van der Waals surface area contributed by atoms with E-state index in [4.69, 9.17) is 11.5 Å². The fraction of sp³-hybridized carbons (Fsp3) is 0.250. The third kappa shape index (κ3) is 3.21. The second kappa shape index (κ2) is 5.08. The third-order valence-electron chi connectivity index (χ3n) is 2.08. The molecule has 0 aromatic heterocycles. The van der Waals surface area contributed by atoms with Gasteiger partial charge < -0.3 is 16.8 Å². The Hall–Kier alpha value is -2.15. The Morgan fingerprint density at radius 1 is 1.38 bits per heavy atom.